The van der Waals surface area contributed by atoms with Crippen molar-refractivity contribution < 1.29 is 14.3 Å². The van der Waals surface area contributed by atoms with E-state index < -0.39 is 5.60 Å². The van der Waals surface area contributed by atoms with Gasteiger partial charge in [0.05, 0.1) is 17.6 Å². The number of benzene rings is 2. The van der Waals surface area contributed by atoms with Crippen LogP contribution in [0.1, 0.15) is 29.8 Å². The van der Waals surface area contributed by atoms with Gasteiger partial charge in [-0.15, -0.1) is 0 Å². The van der Waals surface area contributed by atoms with Crippen molar-refractivity contribution in [2.45, 2.75) is 38.5 Å². The maximum atomic E-state index is 13.1. The number of amides is 1. The van der Waals surface area contributed by atoms with E-state index in [1.807, 2.05) is 25.1 Å². The number of nitrogens with one attached hydrogen (secondary N) is 2. The number of piperidine rings is 1. The number of aliphatic hydroxyl groups is 1. The molecule has 0 bridgehead atoms. The van der Waals surface area contributed by atoms with Crippen LogP contribution in [0.5, 0.6) is 0 Å². The average Bonchev–Trinajstić information content (AvgIpc) is 3.12. The molecule has 7 heteroatoms. The van der Waals surface area contributed by atoms with E-state index in [-0.39, 0.29) is 18.3 Å². The number of aromatic nitrogens is 2. The molecule has 6 nitrogen and oxygen atoms in total. The highest BCUT2D eigenvalue weighted by Crippen LogP contribution is 2.24. The molecule has 152 valence electrons. The first kappa shape index (κ1) is 19.5. The fourth-order valence-corrected chi connectivity index (χ4v) is 3.89. The van der Waals surface area contributed by atoms with Crippen LogP contribution in [-0.4, -0.2) is 44.6 Å². The van der Waals surface area contributed by atoms with Gasteiger partial charge in [0, 0.05) is 19.6 Å². The molecule has 3 N–H and O–H groups in total. The summed E-state index contributed by atoms with van der Waals surface area (Å²) in [5.74, 6) is 0.172. The van der Waals surface area contributed by atoms with Crippen LogP contribution in [-0.2, 0) is 17.9 Å². The Morgan fingerprint density at radius 2 is 2.07 bits per heavy atom. The Kier molecular flexibility index (Phi) is 5.34. The normalized spacial score (nSPS) is 19.8. The number of likely N-dealkylation sites (tertiary alicyclic amines) is 1. The second-order valence-corrected chi connectivity index (χ2v) is 7.75. The van der Waals surface area contributed by atoms with Crippen LogP contribution in [0.25, 0.3) is 11.0 Å². The molecule has 1 aliphatic rings. The van der Waals surface area contributed by atoms with Gasteiger partial charge in [-0.25, -0.2) is 9.37 Å². The average molecular weight is 396 g/mol. The molecule has 0 radical (unpaired) electrons. The molecule has 1 saturated heterocycles. The second-order valence-electron chi connectivity index (χ2n) is 7.75. The van der Waals surface area contributed by atoms with Gasteiger partial charge in [-0.05, 0) is 49.1 Å². The molecule has 4 rings (SSSR count). The van der Waals surface area contributed by atoms with Gasteiger partial charge >= 0.3 is 0 Å². The molecule has 29 heavy (non-hydrogen) atoms. The topological polar surface area (TPSA) is 81.2 Å². The van der Waals surface area contributed by atoms with Crippen LogP contribution >= 0.6 is 0 Å². The fourth-order valence-electron chi connectivity index (χ4n) is 3.89. The lowest BCUT2D eigenvalue weighted by molar-refractivity contribution is -0.157. The number of para-hydroxylation sites is 1. The minimum Gasteiger partial charge on any atom is -0.379 e. The molecular formula is C22H25FN4O2. The van der Waals surface area contributed by atoms with Crippen molar-refractivity contribution in [1.29, 1.82) is 0 Å². The summed E-state index contributed by atoms with van der Waals surface area (Å²) >= 11 is 0. The number of fused-ring (bicyclic) bond motifs is 1. The number of nitrogens with zero attached hydrogens (tertiary/aromatic N) is 2. The van der Waals surface area contributed by atoms with E-state index in [1.54, 1.807) is 17.0 Å². The number of hydrogen-bond acceptors (Lipinski definition) is 4. The Balaban J connectivity index is 1.38. The van der Waals surface area contributed by atoms with Crippen LogP contribution in [0.4, 0.5) is 4.39 Å². The third-order valence-electron chi connectivity index (χ3n) is 5.46. The smallest absolute Gasteiger partial charge is 0.256 e. The molecule has 3 aromatic rings. The minimum atomic E-state index is -1.44. The third kappa shape index (κ3) is 4.16. The largest absolute Gasteiger partial charge is 0.379 e. The van der Waals surface area contributed by atoms with E-state index >= 15 is 0 Å². The van der Waals surface area contributed by atoms with E-state index in [9.17, 15) is 14.3 Å². The lowest BCUT2D eigenvalue weighted by Crippen LogP contribution is -2.57. The van der Waals surface area contributed by atoms with Gasteiger partial charge < -0.3 is 20.3 Å². The van der Waals surface area contributed by atoms with E-state index in [0.29, 0.717) is 26.1 Å². The number of carbonyl (C=O) groups excluding carboxylic acids is 1. The van der Waals surface area contributed by atoms with Crippen LogP contribution < -0.4 is 5.32 Å². The molecule has 0 unspecified atom stereocenters. The number of aromatic amines is 1. The van der Waals surface area contributed by atoms with Gasteiger partial charge in [0.1, 0.15) is 11.6 Å². The summed E-state index contributed by atoms with van der Waals surface area (Å²) < 4.78 is 13.1. The predicted molar refractivity (Wildman–Crippen MR) is 109 cm³/mol. The molecule has 1 aromatic heterocycles. The molecule has 1 aliphatic heterocycles. The Hall–Kier alpha value is -2.77. The summed E-state index contributed by atoms with van der Waals surface area (Å²) in [6, 6.07) is 12.1. The molecule has 2 aromatic carbocycles. The van der Waals surface area contributed by atoms with Crippen LogP contribution in [0, 0.1) is 12.7 Å². The molecule has 1 atom stereocenters. The number of rotatable bonds is 6. The fraction of sp³-hybridized carbons (Fsp3) is 0.364. The number of aryl methyl sites for hydroxylation is 1. The van der Waals surface area contributed by atoms with E-state index in [2.05, 4.69) is 15.3 Å². The number of halogens is 1. The number of H-pyrrole nitrogens is 1. The van der Waals surface area contributed by atoms with Gasteiger partial charge in [0.15, 0.2) is 5.60 Å². The molecule has 0 saturated carbocycles. The van der Waals surface area contributed by atoms with Crippen molar-refractivity contribution >= 4 is 16.9 Å². The van der Waals surface area contributed by atoms with Gasteiger partial charge in [-0.3, -0.25) is 4.79 Å². The molecule has 1 amide bonds. The highest BCUT2D eigenvalue weighted by Gasteiger charge is 2.41. The quantitative estimate of drug-likeness (QED) is 0.598. The number of imidazole rings is 1. The second kappa shape index (κ2) is 7.93. The zero-order valence-electron chi connectivity index (χ0n) is 16.4. The van der Waals surface area contributed by atoms with Gasteiger partial charge in [0.25, 0.3) is 5.91 Å². The van der Waals surface area contributed by atoms with Gasteiger partial charge in [0.2, 0.25) is 0 Å². The molecule has 1 fully saturated rings. The molecular weight excluding hydrogens is 371 g/mol. The van der Waals surface area contributed by atoms with Crippen molar-refractivity contribution in [2.75, 3.05) is 13.1 Å². The standard InChI is InChI=1S/C22H25FN4O2/c1-15-4-2-5-18-20(15)26-19(25-18)12-24-14-22(29)10-3-11-27(21(22)28)13-16-6-8-17(23)9-7-16/h2,4-9,24,29H,3,10-14H2,1H3,(H,25,26)/t22-/m0/s1. The van der Waals surface area contributed by atoms with Gasteiger partial charge in [-0.1, -0.05) is 24.3 Å². The molecule has 2 heterocycles. The number of hydrogen-bond donors (Lipinski definition) is 3. The van der Waals surface area contributed by atoms with E-state index in [4.69, 9.17) is 0 Å². The lowest BCUT2D eigenvalue weighted by Gasteiger charge is -2.38. The zero-order valence-corrected chi connectivity index (χ0v) is 16.4. The Bertz CT molecular complexity index is 1020. The van der Waals surface area contributed by atoms with Crippen molar-refractivity contribution in [2.24, 2.45) is 0 Å². The maximum Gasteiger partial charge on any atom is 0.256 e. The van der Waals surface area contributed by atoms with Crippen molar-refractivity contribution in [3.05, 3.63) is 65.2 Å². The highest BCUT2D eigenvalue weighted by atomic mass is 19.1. The van der Waals surface area contributed by atoms with Crippen molar-refractivity contribution in [3.63, 3.8) is 0 Å². The highest BCUT2D eigenvalue weighted by molar-refractivity contribution is 5.86. The first-order valence-electron chi connectivity index (χ1n) is 9.86. The summed E-state index contributed by atoms with van der Waals surface area (Å²) in [5.41, 5.74) is 2.40. The monoisotopic (exact) mass is 396 g/mol. The summed E-state index contributed by atoms with van der Waals surface area (Å²) in [7, 11) is 0. The Labute approximate surface area is 168 Å². The third-order valence-corrected chi connectivity index (χ3v) is 5.46. The van der Waals surface area contributed by atoms with Crippen LogP contribution in [0.2, 0.25) is 0 Å². The first-order valence-corrected chi connectivity index (χ1v) is 9.86. The molecule has 0 spiro atoms. The van der Waals surface area contributed by atoms with Crippen molar-refractivity contribution in [3.8, 4) is 0 Å². The summed E-state index contributed by atoms with van der Waals surface area (Å²) in [5, 5.41) is 14.1. The number of carbonyl (C=O) groups is 1. The van der Waals surface area contributed by atoms with E-state index in [1.165, 1.54) is 12.1 Å². The lowest BCUT2D eigenvalue weighted by atomic mass is 9.91. The van der Waals surface area contributed by atoms with Crippen molar-refractivity contribution in [1.82, 2.24) is 20.2 Å². The predicted octanol–water partition coefficient (Wildman–Crippen LogP) is 2.65. The van der Waals surface area contributed by atoms with Crippen LogP contribution in [0.15, 0.2) is 42.5 Å². The molecule has 0 aliphatic carbocycles. The maximum absolute atomic E-state index is 13.1. The summed E-state index contributed by atoms with van der Waals surface area (Å²) in [6.07, 6.45) is 1.13. The zero-order chi connectivity index (χ0) is 20.4. The van der Waals surface area contributed by atoms with E-state index in [0.717, 1.165) is 34.4 Å². The Morgan fingerprint density at radius 3 is 2.83 bits per heavy atom. The van der Waals surface area contributed by atoms with Crippen LogP contribution in [0.3, 0.4) is 0 Å². The summed E-state index contributed by atoms with van der Waals surface area (Å²) in [4.78, 5) is 22.4. The van der Waals surface area contributed by atoms with Gasteiger partial charge in [-0.2, -0.15) is 0 Å². The summed E-state index contributed by atoms with van der Waals surface area (Å²) in [6.45, 7) is 3.55. The SMILES string of the molecule is Cc1cccc2[nH]c(CNC[C@@]3(O)CCCN(Cc4ccc(F)cc4)C3=O)nc12. The first-order chi connectivity index (χ1) is 13.9. The Morgan fingerprint density at radius 1 is 1.28 bits per heavy atom. The minimum absolute atomic E-state index is 0.155.